The molecule has 3 rings (SSSR count). The maximum atomic E-state index is 10.0. The molecule has 1 aromatic carbocycles. The SMILES string of the molecule is Cc1ccccc1CN1CCN(CC(O)C2CC2)CC1.Cl.Cl. The Morgan fingerprint density at radius 2 is 1.64 bits per heavy atom. The summed E-state index contributed by atoms with van der Waals surface area (Å²) in [5.74, 6) is 0.597. The van der Waals surface area contributed by atoms with E-state index in [0.29, 0.717) is 5.92 Å². The standard InChI is InChI=1S/C17H26N2O.2ClH/c1-14-4-2-3-5-16(14)12-18-8-10-19(11-9-18)13-17(20)15-6-7-15;;/h2-5,15,17,20H,6-13H2,1H3;2*1H. The molecular formula is C17H28Cl2N2O. The van der Waals surface area contributed by atoms with E-state index in [0.717, 1.165) is 39.3 Å². The van der Waals surface area contributed by atoms with E-state index < -0.39 is 0 Å². The number of nitrogens with zero attached hydrogens (tertiary/aromatic N) is 2. The van der Waals surface area contributed by atoms with Gasteiger partial charge in [-0.3, -0.25) is 9.80 Å². The van der Waals surface area contributed by atoms with Crippen LogP contribution in [0.4, 0.5) is 0 Å². The van der Waals surface area contributed by atoms with Crippen molar-refractivity contribution in [2.24, 2.45) is 5.92 Å². The molecule has 0 radical (unpaired) electrons. The van der Waals surface area contributed by atoms with Crippen LogP contribution in [0, 0.1) is 12.8 Å². The minimum Gasteiger partial charge on any atom is -0.392 e. The van der Waals surface area contributed by atoms with Gasteiger partial charge in [0.05, 0.1) is 6.10 Å². The average molecular weight is 347 g/mol. The summed E-state index contributed by atoms with van der Waals surface area (Å²) in [5, 5.41) is 10.0. The summed E-state index contributed by atoms with van der Waals surface area (Å²) in [6.45, 7) is 8.55. The fourth-order valence-electron chi connectivity index (χ4n) is 3.05. The van der Waals surface area contributed by atoms with Crippen molar-refractivity contribution >= 4 is 24.8 Å². The number of β-amino-alcohol motifs (C(OH)–C–C–N with tert-alkyl or cyclic N) is 1. The van der Waals surface area contributed by atoms with Gasteiger partial charge in [0, 0.05) is 39.3 Å². The zero-order valence-corrected chi connectivity index (χ0v) is 14.9. The van der Waals surface area contributed by atoms with Crippen molar-refractivity contribution in [3.8, 4) is 0 Å². The minimum atomic E-state index is -0.0853. The van der Waals surface area contributed by atoms with E-state index in [9.17, 15) is 5.11 Å². The van der Waals surface area contributed by atoms with E-state index in [1.807, 2.05) is 0 Å². The Bertz CT molecular complexity index is 446. The predicted octanol–water partition coefficient (Wildman–Crippen LogP) is 2.73. The molecule has 1 aliphatic carbocycles. The van der Waals surface area contributed by atoms with Gasteiger partial charge in [-0.2, -0.15) is 0 Å². The number of hydrogen-bond acceptors (Lipinski definition) is 3. The molecule has 126 valence electrons. The third-order valence-electron chi connectivity index (χ3n) is 4.73. The summed E-state index contributed by atoms with van der Waals surface area (Å²) in [6, 6.07) is 8.66. The molecule has 1 atom stereocenters. The Balaban J connectivity index is 0.00000121. The summed E-state index contributed by atoms with van der Waals surface area (Å²) < 4.78 is 0. The molecule has 1 N–H and O–H groups in total. The Hall–Kier alpha value is -0.320. The summed E-state index contributed by atoms with van der Waals surface area (Å²) in [6.07, 6.45) is 2.38. The smallest absolute Gasteiger partial charge is 0.0695 e. The number of halogens is 2. The summed E-state index contributed by atoms with van der Waals surface area (Å²) in [7, 11) is 0. The van der Waals surface area contributed by atoms with Crippen LogP contribution in [0.15, 0.2) is 24.3 Å². The second-order valence-corrected chi connectivity index (χ2v) is 6.41. The van der Waals surface area contributed by atoms with E-state index in [1.54, 1.807) is 0 Å². The molecule has 22 heavy (non-hydrogen) atoms. The van der Waals surface area contributed by atoms with Crippen molar-refractivity contribution in [3.63, 3.8) is 0 Å². The quantitative estimate of drug-likeness (QED) is 0.887. The molecule has 0 amide bonds. The largest absolute Gasteiger partial charge is 0.392 e. The Labute approximate surface area is 146 Å². The number of aliphatic hydroxyl groups is 1. The van der Waals surface area contributed by atoms with Crippen molar-refractivity contribution in [1.29, 1.82) is 0 Å². The van der Waals surface area contributed by atoms with Gasteiger partial charge in [-0.05, 0) is 36.8 Å². The molecule has 1 heterocycles. The maximum Gasteiger partial charge on any atom is 0.0695 e. The normalized spacial score (nSPS) is 20.8. The zero-order chi connectivity index (χ0) is 13.9. The van der Waals surface area contributed by atoms with Crippen molar-refractivity contribution in [1.82, 2.24) is 9.80 Å². The van der Waals surface area contributed by atoms with Crippen LogP contribution in [-0.4, -0.2) is 53.7 Å². The van der Waals surface area contributed by atoms with Crippen LogP contribution in [0.5, 0.6) is 0 Å². The summed E-state index contributed by atoms with van der Waals surface area (Å²) in [4.78, 5) is 4.96. The number of aliphatic hydroxyl groups excluding tert-OH is 1. The first-order valence-electron chi connectivity index (χ1n) is 7.89. The van der Waals surface area contributed by atoms with Gasteiger partial charge in [-0.25, -0.2) is 0 Å². The molecule has 0 bridgehead atoms. The van der Waals surface area contributed by atoms with Gasteiger partial charge >= 0.3 is 0 Å². The summed E-state index contributed by atoms with van der Waals surface area (Å²) >= 11 is 0. The molecule has 1 saturated heterocycles. The molecule has 1 aliphatic heterocycles. The van der Waals surface area contributed by atoms with E-state index in [-0.39, 0.29) is 30.9 Å². The van der Waals surface area contributed by atoms with E-state index in [4.69, 9.17) is 0 Å². The van der Waals surface area contributed by atoms with Crippen LogP contribution >= 0.6 is 24.8 Å². The van der Waals surface area contributed by atoms with Gasteiger partial charge in [0.15, 0.2) is 0 Å². The fourth-order valence-corrected chi connectivity index (χ4v) is 3.05. The molecule has 5 heteroatoms. The van der Waals surface area contributed by atoms with Gasteiger partial charge in [0.2, 0.25) is 0 Å². The van der Waals surface area contributed by atoms with Gasteiger partial charge in [0.25, 0.3) is 0 Å². The topological polar surface area (TPSA) is 26.7 Å². The van der Waals surface area contributed by atoms with Crippen LogP contribution in [0.1, 0.15) is 24.0 Å². The molecule has 3 nitrogen and oxygen atoms in total. The molecule has 2 fully saturated rings. The molecule has 1 unspecified atom stereocenters. The third kappa shape index (κ3) is 5.39. The number of rotatable bonds is 5. The van der Waals surface area contributed by atoms with Crippen molar-refractivity contribution in [3.05, 3.63) is 35.4 Å². The van der Waals surface area contributed by atoms with Gasteiger partial charge < -0.3 is 5.11 Å². The van der Waals surface area contributed by atoms with Crippen molar-refractivity contribution in [2.45, 2.75) is 32.4 Å². The second-order valence-electron chi connectivity index (χ2n) is 6.41. The van der Waals surface area contributed by atoms with E-state index >= 15 is 0 Å². The highest BCUT2D eigenvalue weighted by Gasteiger charge is 2.31. The predicted molar refractivity (Wildman–Crippen MR) is 96.1 cm³/mol. The van der Waals surface area contributed by atoms with Gasteiger partial charge in [-0.1, -0.05) is 24.3 Å². The van der Waals surface area contributed by atoms with Crippen molar-refractivity contribution < 1.29 is 5.11 Å². The number of benzene rings is 1. The minimum absolute atomic E-state index is 0. The Kier molecular flexibility index (Phi) is 8.15. The average Bonchev–Trinajstić information content (AvgIpc) is 3.28. The van der Waals surface area contributed by atoms with Gasteiger partial charge in [0.1, 0.15) is 0 Å². The summed E-state index contributed by atoms with van der Waals surface area (Å²) in [5.41, 5.74) is 2.83. The van der Waals surface area contributed by atoms with Gasteiger partial charge in [-0.15, -0.1) is 24.8 Å². The zero-order valence-electron chi connectivity index (χ0n) is 13.3. The first kappa shape index (κ1) is 19.7. The lowest BCUT2D eigenvalue weighted by atomic mass is 10.1. The first-order valence-corrected chi connectivity index (χ1v) is 7.89. The highest BCUT2D eigenvalue weighted by molar-refractivity contribution is 5.85. The fraction of sp³-hybridized carbons (Fsp3) is 0.647. The molecule has 1 aromatic rings. The van der Waals surface area contributed by atoms with E-state index in [1.165, 1.54) is 24.0 Å². The highest BCUT2D eigenvalue weighted by atomic mass is 35.5. The van der Waals surface area contributed by atoms with Crippen LogP contribution in [0.2, 0.25) is 0 Å². The second kappa shape index (κ2) is 9.09. The first-order chi connectivity index (χ1) is 9.72. The third-order valence-corrected chi connectivity index (χ3v) is 4.73. The monoisotopic (exact) mass is 346 g/mol. The van der Waals surface area contributed by atoms with Crippen LogP contribution in [0.3, 0.4) is 0 Å². The van der Waals surface area contributed by atoms with Crippen LogP contribution < -0.4 is 0 Å². The Morgan fingerprint density at radius 3 is 2.23 bits per heavy atom. The maximum absolute atomic E-state index is 10.0. The molecule has 2 aliphatic rings. The molecule has 0 aromatic heterocycles. The number of aryl methyl sites for hydroxylation is 1. The molecular weight excluding hydrogens is 319 g/mol. The lowest BCUT2D eigenvalue weighted by Gasteiger charge is -2.35. The molecule has 1 saturated carbocycles. The highest BCUT2D eigenvalue weighted by Crippen LogP contribution is 2.32. The Morgan fingerprint density at radius 1 is 1.05 bits per heavy atom. The lowest BCUT2D eigenvalue weighted by Crippen LogP contribution is -2.48. The number of hydrogen-bond donors (Lipinski definition) is 1. The van der Waals surface area contributed by atoms with E-state index in [2.05, 4.69) is 41.0 Å². The lowest BCUT2D eigenvalue weighted by molar-refractivity contribution is 0.0601. The molecule has 0 spiro atoms. The van der Waals surface area contributed by atoms with Crippen molar-refractivity contribution in [2.75, 3.05) is 32.7 Å². The van der Waals surface area contributed by atoms with Crippen LogP contribution in [-0.2, 0) is 6.54 Å². The van der Waals surface area contributed by atoms with Crippen LogP contribution in [0.25, 0.3) is 0 Å². The number of piperazine rings is 1.